The first kappa shape index (κ1) is 18.2. The molecule has 5 heteroatoms. The molecule has 1 aliphatic rings. The fraction of sp³-hybridized carbons (Fsp3) is 0.562. The predicted molar refractivity (Wildman–Crippen MR) is 96.8 cm³/mol. The molecule has 21 heavy (non-hydrogen) atoms. The van der Waals surface area contributed by atoms with Gasteiger partial charge in [0.2, 0.25) is 0 Å². The fourth-order valence-corrected chi connectivity index (χ4v) is 2.01. The van der Waals surface area contributed by atoms with Crippen molar-refractivity contribution in [1.82, 2.24) is 10.6 Å². The highest BCUT2D eigenvalue weighted by molar-refractivity contribution is 14.0. The maximum atomic E-state index is 13.6. The van der Waals surface area contributed by atoms with Gasteiger partial charge in [-0.15, -0.1) is 24.0 Å². The molecule has 118 valence electrons. The minimum absolute atomic E-state index is 0. The highest BCUT2D eigenvalue weighted by Crippen LogP contribution is 2.28. The zero-order valence-corrected chi connectivity index (χ0v) is 15.3. The summed E-state index contributed by atoms with van der Waals surface area (Å²) in [7, 11) is 0. The van der Waals surface area contributed by atoms with Crippen LogP contribution in [0.25, 0.3) is 0 Å². The lowest BCUT2D eigenvalue weighted by Crippen LogP contribution is -2.38. The normalized spacial score (nSPS) is 16.1. The van der Waals surface area contributed by atoms with Crippen LogP contribution in [-0.4, -0.2) is 19.0 Å². The van der Waals surface area contributed by atoms with E-state index in [1.54, 1.807) is 13.0 Å². The number of halogens is 2. The summed E-state index contributed by atoms with van der Waals surface area (Å²) in [5.74, 6) is 1.42. The monoisotopic (exact) mass is 405 g/mol. The first-order valence-electron chi connectivity index (χ1n) is 7.41. The summed E-state index contributed by atoms with van der Waals surface area (Å²) < 4.78 is 13.6. The van der Waals surface area contributed by atoms with Crippen LogP contribution in [0.1, 0.15) is 43.9 Å². The summed E-state index contributed by atoms with van der Waals surface area (Å²) in [6.45, 7) is 7.55. The van der Waals surface area contributed by atoms with E-state index in [-0.39, 0.29) is 35.8 Å². The molecule has 2 rings (SSSR count). The average molecular weight is 405 g/mol. The maximum absolute atomic E-state index is 13.6. The van der Waals surface area contributed by atoms with Crippen molar-refractivity contribution in [2.24, 2.45) is 10.9 Å². The van der Waals surface area contributed by atoms with Crippen LogP contribution in [0, 0.1) is 18.7 Å². The lowest BCUT2D eigenvalue weighted by Gasteiger charge is -2.18. The number of hydrogen-bond acceptors (Lipinski definition) is 1. The molecule has 0 aromatic heterocycles. The van der Waals surface area contributed by atoms with E-state index in [1.807, 2.05) is 26.0 Å². The number of aryl methyl sites for hydroxylation is 1. The molecule has 1 fully saturated rings. The standard InChI is InChI=1S/C16H24FN3.HI/c1-4-18-16(19-10-13-6-7-13)20-12(3)14-8-5-11(2)15(17)9-14;/h5,8-9,12-13H,4,6-7,10H2,1-3H3,(H2,18,19,20);1H. The van der Waals surface area contributed by atoms with Crippen LogP contribution in [0.15, 0.2) is 23.2 Å². The van der Waals surface area contributed by atoms with Crippen LogP contribution in [0.3, 0.4) is 0 Å². The molecule has 0 bridgehead atoms. The van der Waals surface area contributed by atoms with Crippen molar-refractivity contribution in [2.45, 2.75) is 39.7 Å². The minimum atomic E-state index is -0.156. The number of aliphatic imine (C=N–C) groups is 1. The molecule has 0 heterocycles. The van der Waals surface area contributed by atoms with E-state index < -0.39 is 0 Å². The Morgan fingerprint density at radius 1 is 1.43 bits per heavy atom. The second-order valence-electron chi connectivity index (χ2n) is 5.54. The van der Waals surface area contributed by atoms with Gasteiger partial charge in [-0.05, 0) is 56.7 Å². The lowest BCUT2D eigenvalue weighted by molar-refractivity contribution is 0.607. The zero-order valence-electron chi connectivity index (χ0n) is 12.9. The van der Waals surface area contributed by atoms with Gasteiger partial charge in [0.05, 0.1) is 6.04 Å². The predicted octanol–water partition coefficient (Wildman–Crippen LogP) is 3.78. The summed E-state index contributed by atoms with van der Waals surface area (Å²) in [5, 5.41) is 6.57. The van der Waals surface area contributed by atoms with E-state index in [2.05, 4.69) is 15.6 Å². The Bertz CT molecular complexity index is 486. The second kappa shape index (κ2) is 8.56. The summed E-state index contributed by atoms with van der Waals surface area (Å²) in [6, 6.07) is 5.40. The van der Waals surface area contributed by atoms with Crippen molar-refractivity contribution in [2.75, 3.05) is 13.1 Å². The van der Waals surface area contributed by atoms with Crippen LogP contribution < -0.4 is 10.6 Å². The van der Waals surface area contributed by atoms with Crippen molar-refractivity contribution < 1.29 is 4.39 Å². The Balaban J connectivity index is 0.00000220. The van der Waals surface area contributed by atoms with Crippen molar-refractivity contribution in [3.05, 3.63) is 35.1 Å². The number of nitrogens with zero attached hydrogens (tertiary/aromatic N) is 1. The number of rotatable bonds is 5. The third-order valence-electron chi connectivity index (χ3n) is 3.60. The van der Waals surface area contributed by atoms with Crippen molar-refractivity contribution in [3.63, 3.8) is 0 Å². The van der Waals surface area contributed by atoms with Crippen molar-refractivity contribution >= 4 is 29.9 Å². The number of benzene rings is 1. The van der Waals surface area contributed by atoms with E-state index in [0.717, 1.165) is 30.5 Å². The number of guanidine groups is 1. The zero-order chi connectivity index (χ0) is 14.5. The van der Waals surface area contributed by atoms with E-state index >= 15 is 0 Å². The first-order valence-corrected chi connectivity index (χ1v) is 7.41. The van der Waals surface area contributed by atoms with Crippen LogP contribution in [0.4, 0.5) is 4.39 Å². The van der Waals surface area contributed by atoms with Gasteiger partial charge in [-0.3, -0.25) is 4.99 Å². The molecule has 1 unspecified atom stereocenters. The summed E-state index contributed by atoms with van der Waals surface area (Å²) in [6.07, 6.45) is 2.59. The van der Waals surface area contributed by atoms with Gasteiger partial charge in [-0.25, -0.2) is 4.39 Å². The van der Waals surface area contributed by atoms with E-state index in [0.29, 0.717) is 5.56 Å². The Morgan fingerprint density at radius 2 is 2.14 bits per heavy atom. The SMILES string of the molecule is CCNC(=NCC1CC1)NC(C)c1ccc(C)c(F)c1.I. The Morgan fingerprint density at radius 3 is 2.71 bits per heavy atom. The lowest BCUT2D eigenvalue weighted by atomic mass is 10.1. The van der Waals surface area contributed by atoms with Crippen LogP contribution in [-0.2, 0) is 0 Å². The van der Waals surface area contributed by atoms with Crippen LogP contribution >= 0.6 is 24.0 Å². The molecular weight excluding hydrogens is 380 g/mol. The van der Waals surface area contributed by atoms with Gasteiger partial charge in [0.15, 0.2) is 5.96 Å². The molecule has 1 atom stereocenters. The largest absolute Gasteiger partial charge is 0.357 e. The number of hydrogen-bond donors (Lipinski definition) is 2. The van der Waals surface area contributed by atoms with Gasteiger partial charge in [0.1, 0.15) is 5.82 Å². The summed E-state index contributed by atoms with van der Waals surface area (Å²) >= 11 is 0. The molecule has 0 aliphatic heterocycles. The Labute approximate surface area is 143 Å². The van der Waals surface area contributed by atoms with E-state index in [4.69, 9.17) is 0 Å². The van der Waals surface area contributed by atoms with E-state index in [9.17, 15) is 4.39 Å². The van der Waals surface area contributed by atoms with Gasteiger partial charge in [-0.2, -0.15) is 0 Å². The topological polar surface area (TPSA) is 36.4 Å². The summed E-state index contributed by atoms with van der Waals surface area (Å²) in [5.41, 5.74) is 1.61. The molecule has 0 radical (unpaired) electrons. The maximum Gasteiger partial charge on any atom is 0.191 e. The van der Waals surface area contributed by atoms with Crippen molar-refractivity contribution in [3.8, 4) is 0 Å². The smallest absolute Gasteiger partial charge is 0.191 e. The Hall–Kier alpha value is -0.850. The molecule has 3 nitrogen and oxygen atoms in total. The van der Waals surface area contributed by atoms with Crippen LogP contribution in [0.5, 0.6) is 0 Å². The fourth-order valence-electron chi connectivity index (χ4n) is 2.01. The molecule has 2 N–H and O–H groups in total. The molecule has 1 aromatic rings. The van der Waals surface area contributed by atoms with Gasteiger partial charge >= 0.3 is 0 Å². The van der Waals surface area contributed by atoms with Gasteiger partial charge in [0.25, 0.3) is 0 Å². The minimum Gasteiger partial charge on any atom is -0.357 e. The molecule has 0 saturated heterocycles. The molecule has 1 saturated carbocycles. The molecule has 0 spiro atoms. The molecular formula is C16H25FIN3. The average Bonchev–Trinajstić information content (AvgIpc) is 3.23. The first-order chi connectivity index (χ1) is 9.60. The quantitative estimate of drug-likeness (QED) is 0.445. The van der Waals surface area contributed by atoms with Gasteiger partial charge in [-0.1, -0.05) is 12.1 Å². The van der Waals surface area contributed by atoms with E-state index in [1.165, 1.54) is 12.8 Å². The highest BCUT2D eigenvalue weighted by Gasteiger charge is 2.20. The highest BCUT2D eigenvalue weighted by atomic mass is 127. The van der Waals surface area contributed by atoms with Crippen molar-refractivity contribution in [1.29, 1.82) is 0 Å². The molecule has 0 amide bonds. The number of nitrogens with one attached hydrogen (secondary N) is 2. The second-order valence-corrected chi connectivity index (χ2v) is 5.54. The summed E-state index contributed by atoms with van der Waals surface area (Å²) in [4.78, 5) is 4.58. The molecule has 1 aromatic carbocycles. The molecule has 1 aliphatic carbocycles. The van der Waals surface area contributed by atoms with Crippen LogP contribution in [0.2, 0.25) is 0 Å². The van der Waals surface area contributed by atoms with Gasteiger partial charge in [0, 0.05) is 13.1 Å². The third-order valence-corrected chi connectivity index (χ3v) is 3.60. The van der Waals surface area contributed by atoms with Gasteiger partial charge < -0.3 is 10.6 Å². The Kier molecular flexibility index (Phi) is 7.42. The third kappa shape index (κ3) is 5.80.